The standard InChI is InChI=1S/C18H22ClN5O2.ClH/c1-20-17(14-9-21-22(2)11-14)18(26)24-7-6-23(16(25)12-24)10-13-4-3-5-15(19)8-13;/h3-5,8-9,11,17,20H,6-7,10,12H2,1-2H3;1H. The number of hydrogen-bond donors (Lipinski definition) is 1. The Kier molecular flexibility index (Phi) is 7.24. The number of likely N-dealkylation sites (N-methyl/N-ethyl adjacent to an activating group) is 1. The molecule has 1 fully saturated rings. The lowest BCUT2D eigenvalue weighted by Gasteiger charge is -2.36. The number of halogens is 2. The molecule has 1 N–H and O–H groups in total. The molecular formula is C18H23Cl2N5O2. The van der Waals surface area contributed by atoms with Crippen molar-refractivity contribution < 1.29 is 9.59 Å². The highest BCUT2D eigenvalue weighted by Gasteiger charge is 2.31. The van der Waals surface area contributed by atoms with E-state index in [0.717, 1.165) is 11.1 Å². The number of carbonyl (C=O) groups excluding carboxylic acids is 2. The van der Waals surface area contributed by atoms with Gasteiger partial charge in [0.1, 0.15) is 6.04 Å². The second-order valence-corrected chi connectivity index (χ2v) is 6.81. The number of nitrogens with zero attached hydrogens (tertiary/aromatic N) is 4. The van der Waals surface area contributed by atoms with Gasteiger partial charge in [-0.2, -0.15) is 5.10 Å². The van der Waals surface area contributed by atoms with Crippen molar-refractivity contribution in [3.8, 4) is 0 Å². The van der Waals surface area contributed by atoms with Crippen molar-refractivity contribution in [1.82, 2.24) is 24.9 Å². The number of carbonyl (C=O) groups is 2. The smallest absolute Gasteiger partial charge is 0.244 e. The first kappa shape index (κ1) is 21.2. The lowest BCUT2D eigenvalue weighted by molar-refractivity contribution is -0.146. The molecular weight excluding hydrogens is 389 g/mol. The minimum absolute atomic E-state index is 0. The Balaban J connectivity index is 0.00000261. The highest BCUT2D eigenvalue weighted by atomic mass is 35.5. The van der Waals surface area contributed by atoms with Crippen molar-refractivity contribution in [2.75, 3.05) is 26.7 Å². The number of aryl methyl sites for hydroxylation is 1. The summed E-state index contributed by atoms with van der Waals surface area (Å²) in [6.45, 7) is 1.58. The van der Waals surface area contributed by atoms with Gasteiger partial charge in [0.2, 0.25) is 11.8 Å². The zero-order valence-corrected chi connectivity index (χ0v) is 16.8. The molecule has 1 aromatic carbocycles. The first-order valence-electron chi connectivity index (χ1n) is 8.44. The average Bonchev–Trinajstić information content (AvgIpc) is 3.03. The van der Waals surface area contributed by atoms with Gasteiger partial charge in [0, 0.05) is 43.5 Å². The van der Waals surface area contributed by atoms with E-state index in [1.807, 2.05) is 18.2 Å². The molecule has 146 valence electrons. The molecule has 1 unspecified atom stereocenters. The van der Waals surface area contributed by atoms with Crippen molar-refractivity contribution in [3.63, 3.8) is 0 Å². The van der Waals surface area contributed by atoms with Crippen LogP contribution in [0.3, 0.4) is 0 Å². The second-order valence-electron chi connectivity index (χ2n) is 6.37. The van der Waals surface area contributed by atoms with Crippen LogP contribution in [0.15, 0.2) is 36.7 Å². The fraction of sp³-hybridized carbons (Fsp3) is 0.389. The third-order valence-corrected chi connectivity index (χ3v) is 4.72. The first-order chi connectivity index (χ1) is 12.5. The number of piperazine rings is 1. The molecule has 2 aromatic rings. The first-order valence-corrected chi connectivity index (χ1v) is 8.82. The molecule has 0 spiro atoms. The van der Waals surface area contributed by atoms with Crippen LogP contribution < -0.4 is 5.32 Å². The Bertz CT molecular complexity index is 811. The summed E-state index contributed by atoms with van der Waals surface area (Å²) in [5, 5.41) is 7.78. The Morgan fingerprint density at radius 2 is 2.15 bits per heavy atom. The second kappa shape index (κ2) is 9.21. The van der Waals surface area contributed by atoms with Crippen LogP contribution in [0.4, 0.5) is 0 Å². The Labute approximate surface area is 169 Å². The van der Waals surface area contributed by atoms with E-state index in [-0.39, 0.29) is 30.8 Å². The van der Waals surface area contributed by atoms with E-state index in [1.54, 1.807) is 47.0 Å². The van der Waals surface area contributed by atoms with Crippen LogP contribution in [0.1, 0.15) is 17.2 Å². The fourth-order valence-corrected chi connectivity index (χ4v) is 3.34. The molecule has 2 heterocycles. The predicted molar refractivity (Wildman–Crippen MR) is 106 cm³/mol. The topological polar surface area (TPSA) is 70.5 Å². The van der Waals surface area contributed by atoms with E-state index in [2.05, 4.69) is 10.4 Å². The van der Waals surface area contributed by atoms with Gasteiger partial charge in [-0.25, -0.2) is 0 Å². The summed E-state index contributed by atoms with van der Waals surface area (Å²) in [4.78, 5) is 28.7. The van der Waals surface area contributed by atoms with Gasteiger partial charge in [-0.15, -0.1) is 12.4 Å². The third-order valence-electron chi connectivity index (χ3n) is 4.49. The van der Waals surface area contributed by atoms with Gasteiger partial charge >= 0.3 is 0 Å². The maximum atomic E-state index is 12.8. The molecule has 3 rings (SSSR count). The molecule has 7 nitrogen and oxygen atoms in total. The van der Waals surface area contributed by atoms with Crippen molar-refractivity contribution >= 4 is 35.8 Å². The molecule has 0 aliphatic carbocycles. The summed E-state index contributed by atoms with van der Waals surface area (Å²) in [5.41, 5.74) is 1.77. The number of rotatable bonds is 5. The van der Waals surface area contributed by atoms with E-state index in [4.69, 9.17) is 11.6 Å². The van der Waals surface area contributed by atoms with E-state index in [0.29, 0.717) is 24.7 Å². The van der Waals surface area contributed by atoms with Crippen LogP contribution in [-0.2, 0) is 23.2 Å². The molecule has 1 aromatic heterocycles. The molecule has 1 aliphatic heterocycles. The van der Waals surface area contributed by atoms with Gasteiger partial charge in [-0.05, 0) is 24.7 Å². The third kappa shape index (κ3) is 5.00. The van der Waals surface area contributed by atoms with Gasteiger partial charge in [-0.1, -0.05) is 23.7 Å². The molecule has 2 amide bonds. The van der Waals surface area contributed by atoms with Crippen LogP contribution in [0.5, 0.6) is 0 Å². The van der Waals surface area contributed by atoms with Crippen molar-refractivity contribution in [3.05, 3.63) is 52.8 Å². The van der Waals surface area contributed by atoms with Gasteiger partial charge in [0.15, 0.2) is 0 Å². The van der Waals surface area contributed by atoms with Crippen LogP contribution in [0.25, 0.3) is 0 Å². The van der Waals surface area contributed by atoms with Gasteiger partial charge in [0.05, 0.1) is 12.7 Å². The largest absolute Gasteiger partial charge is 0.335 e. The summed E-state index contributed by atoms with van der Waals surface area (Å²) in [5.74, 6) is -0.179. The zero-order valence-electron chi connectivity index (χ0n) is 15.3. The predicted octanol–water partition coefficient (Wildman–Crippen LogP) is 1.63. The number of hydrogen-bond acceptors (Lipinski definition) is 4. The van der Waals surface area contributed by atoms with Crippen molar-refractivity contribution in [2.45, 2.75) is 12.6 Å². The van der Waals surface area contributed by atoms with Crippen LogP contribution >= 0.6 is 24.0 Å². The Morgan fingerprint density at radius 1 is 1.37 bits per heavy atom. The highest BCUT2D eigenvalue weighted by Crippen LogP contribution is 2.18. The molecule has 0 saturated carbocycles. The zero-order chi connectivity index (χ0) is 18.7. The van der Waals surface area contributed by atoms with E-state index < -0.39 is 6.04 Å². The van der Waals surface area contributed by atoms with Crippen molar-refractivity contribution in [1.29, 1.82) is 0 Å². The van der Waals surface area contributed by atoms with Crippen LogP contribution in [0, 0.1) is 0 Å². The molecule has 1 saturated heterocycles. The van der Waals surface area contributed by atoms with E-state index >= 15 is 0 Å². The molecule has 9 heteroatoms. The molecule has 1 atom stereocenters. The lowest BCUT2D eigenvalue weighted by atomic mass is 10.1. The summed E-state index contributed by atoms with van der Waals surface area (Å²) < 4.78 is 1.65. The van der Waals surface area contributed by atoms with Crippen LogP contribution in [0.2, 0.25) is 5.02 Å². The monoisotopic (exact) mass is 411 g/mol. The summed E-state index contributed by atoms with van der Waals surface area (Å²) in [6, 6.07) is 6.96. The van der Waals surface area contributed by atoms with Crippen molar-refractivity contribution in [2.24, 2.45) is 7.05 Å². The number of amides is 2. The van der Waals surface area contributed by atoms with Crippen LogP contribution in [-0.4, -0.2) is 58.1 Å². The molecule has 1 aliphatic rings. The Hall–Kier alpha value is -2.09. The lowest BCUT2D eigenvalue weighted by Crippen LogP contribution is -2.53. The van der Waals surface area contributed by atoms with Gasteiger partial charge < -0.3 is 15.1 Å². The molecule has 0 radical (unpaired) electrons. The fourth-order valence-electron chi connectivity index (χ4n) is 3.12. The summed E-state index contributed by atoms with van der Waals surface area (Å²) in [7, 11) is 3.53. The molecule has 0 bridgehead atoms. The minimum atomic E-state index is -0.504. The molecule has 27 heavy (non-hydrogen) atoms. The highest BCUT2D eigenvalue weighted by molar-refractivity contribution is 6.30. The van der Waals surface area contributed by atoms with E-state index in [1.165, 1.54) is 0 Å². The number of aromatic nitrogens is 2. The number of nitrogens with one attached hydrogen (secondary N) is 1. The summed E-state index contributed by atoms with van der Waals surface area (Å²) in [6.07, 6.45) is 3.46. The SMILES string of the molecule is CNC(C(=O)N1CCN(Cc2cccc(Cl)c2)C(=O)C1)c1cnn(C)c1.Cl. The summed E-state index contributed by atoms with van der Waals surface area (Å²) >= 11 is 6.00. The number of benzene rings is 1. The minimum Gasteiger partial charge on any atom is -0.335 e. The normalized spacial score (nSPS) is 15.4. The maximum absolute atomic E-state index is 12.8. The quantitative estimate of drug-likeness (QED) is 0.811. The average molecular weight is 412 g/mol. The van der Waals surface area contributed by atoms with Gasteiger partial charge in [0.25, 0.3) is 0 Å². The maximum Gasteiger partial charge on any atom is 0.244 e. The van der Waals surface area contributed by atoms with E-state index in [9.17, 15) is 9.59 Å². The van der Waals surface area contributed by atoms with Gasteiger partial charge in [-0.3, -0.25) is 14.3 Å². The Morgan fingerprint density at radius 3 is 2.74 bits per heavy atom.